The molecular weight excluding hydrogens is 351 g/mol. The molecule has 1 aromatic carbocycles. The first-order valence-corrected chi connectivity index (χ1v) is 6.38. The first kappa shape index (κ1) is 20.2. The van der Waals surface area contributed by atoms with Crippen LogP contribution in [-0.4, -0.2) is 12.6 Å². The van der Waals surface area contributed by atoms with E-state index < -0.39 is 0 Å². The van der Waals surface area contributed by atoms with Gasteiger partial charge in [-0.3, -0.25) is 4.79 Å². The third-order valence-corrected chi connectivity index (χ3v) is 2.23. The fourth-order valence-corrected chi connectivity index (χ4v) is 1.29. The molecule has 0 aliphatic heterocycles. The maximum Gasteiger partial charge on any atom is 0.305 e. The van der Waals surface area contributed by atoms with Crippen molar-refractivity contribution in [2.75, 3.05) is 6.61 Å². The maximum atomic E-state index is 10.7. The van der Waals surface area contributed by atoms with Crippen LogP contribution in [0.2, 0.25) is 0 Å². The molecule has 1 aromatic rings. The van der Waals surface area contributed by atoms with Crippen molar-refractivity contribution < 1.29 is 45.1 Å². The molecule has 0 spiro atoms. The molecule has 0 unspecified atom stereocenters. The summed E-state index contributed by atoms with van der Waals surface area (Å²) in [6.45, 7) is 6.54. The molecule has 0 saturated carbocycles. The van der Waals surface area contributed by atoms with Crippen molar-refractivity contribution >= 4 is 5.97 Å². The SMILES string of the molecule is CCCCCC(=O)OCC.Cc1ccccc1.[La]. The zero-order valence-corrected chi connectivity index (χ0v) is 15.4. The van der Waals surface area contributed by atoms with Crippen LogP contribution in [0.1, 0.15) is 45.1 Å². The van der Waals surface area contributed by atoms with Crippen molar-refractivity contribution in [1.29, 1.82) is 0 Å². The number of hydrogen-bond acceptors (Lipinski definition) is 2. The molecule has 0 aliphatic carbocycles. The van der Waals surface area contributed by atoms with Gasteiger partial charge in [0.2, 0.25) is 0 Å². The van der Waals surface area contributed by atoms with Gasteiger partial charge in [0.1, 0.15) is 0 Å². The molecular formula is C15H24LaO2. The summed E-state index contributed by atoms with van der Waals surface area (Å²) < 4.78 is 4.75. The Hall–Kier alpha value is -0.115. The first-order chi connectivity index (χ1) is 8.20. The van der Waals surface area contributed by atoms with Gasteiger partial charge in [-0.25, -0.2) is 0 Å². The van der Waals surface area contributed by atoms with E-state index in [1.54, 1.807) is 0 Å². The predicted octanol–water partition coefficient (Wildman–Crippen LogP) is 4.12. The molecule has 0 aromatic heterocycles. The summed E-state index contributed by atoms with van der Waals surface area (Å²) in [6, 6.07) is 10.3. The molecule has 0 fully saturated rings. The van der Waals surface area contributed by atoms with Crippen LogP contribution in [0.25, 0.3) is 0 Å². The number of ether oxygens (including phenoxy) is 1. The molecule has 1 radical (unpaired) electrons. The van der Waals surface area contributed by atoms with Gasteiger partial charge in [0.15, 0.2) is 0 Å². The van der Waals surface area contributed by atoms with Crippen molar-refractivity contribution in [3.63, 3.8) is 0 Å². The second kappa shape index (κ2) is 14.9. The number of hydrogen-bond donors (Lipinski definition) is 0. The molecule has 1 rings (SSSR count). The predicted molar refractivity (Wildman–Crippen MR) is 72.0 cm³/mol. The average Bonchev–Trinajstić information content (AvgIpc) is 2.31. The molecule has 0 N–H and O–H groups in total. The molecule has 18 heavy (non-hydrogen) atoms. The Kier molecular flexibility index (Phi) is 16.8. The molecule has 3 heteroatoms. The molecule has 0 bridgehead atoms. The van der Waals surface area contributed by atoms with Crippen LogP contribution in [0.4, 0.5) is 0 Å². The van der Waals surface area contributed by atoms with Crippen LogP contribution in [0.5, 0.6) is 0 Å². The van der Waals surface area contributed by atoms with Gasteiger partial charge >= 0.3 is 5.97 Å². The van der Waals surface area contributed by atoms with Crippen LogP contribution in [-0.2, 0) is 9.53 Å². The first-order valence-electron chi connectivity index (χ1n) is 6.38. The molecule has 2 nitrogen and oxygen atoms in total. The Labute approximate surface area is 139 Å². The Bertz CT molecular complexity index is 286. The number of unbranched alkanes of at least 4 members (excludes halogenated alkanes) is 2. The number of benzene rings is 1. The van der Waals surface area contributed by atoms with Crippen LogP contribution < -0.4 is 0 Å². The van der Waals surface area contributed by atoms with Gasteiger partial charge in [0.25, 0.3) is 0 Å². The van der Waals surface area contributed by atoms with Crippen molar-refractivity contribution in [1.82, 2.24) is 0 Å². The van der Waals surface area contributed by atoms with Crippen LogP contribution in [0.15, 0.2) is 30.3 Å². The Balaban J connectivity index is 0. The number of rotatable bonds is 5. The minimum absolute atomic E-state index is 0. The molecule has 0 saturated heterocycles. The van der Waals surface area contributed by atoms with E-state index in [2.05, 4.69) is 26.0 Å². The second-order valence-electron chi connectivity index (χ2n) is 3.92. The zero-order chi connectivity index (χ0) is 12.9. The minimum atomic E-state index is -0.0593. The summed E-state index contributed by atoms with van der Waals surface area (Å²) >= 11 is 0. The van der Waals surface area contributed by atoms with E-state index in [1.165, 1.54) is 5.56 Å². The Morgan fingerprint density at radius 1 is 1.11 bits per heavy atom. The number of carbonyl (C=O) groups excluding carboxylic acids is 1. The van der Waals surface area contributed by atoms with Crippen molar-refractivity contribution in [3.05, 3.63) is 35.9 Å². The van der Waals surface area contributed by atoms with Gasteiger partial charge in [-0.1, -0.05) is 55.7 Å². The van der Waals surface area contributed by atoms with Crippen molar-refractivity contribution in [3.8, 4) is 0 Å². The van der Waals surface area contributed by atoms with Crippen LogP contribution in [0.3, 0.4) is 0 Å². The third-order valence-electron chi connectivity index (χ3n) is 2.23. The van der Waals surface area contributed by atoms with E-state index in [9.17, 15) is 4.79 Å². The third kappa shape index (κ3) is 13.9. The summed E-state index contributed by atoms with van der Waals surface area (Å²) in [5.41, 5.74) is 1.32. The van der Waals surface area contributed by atoms with Gasteiger partial charge in [0, 0.05) is 42.0 Å². The number of carbonyl (C=O) groups is 1. The van der Waals surface area contributed by atoms with E-state index in [1.807, 2.05) is 25.1 Å². The summed E-state index contributed by atoms with van der Waals surface area (Å²) in [6.07, 6.45) is 3.83. The second-order valence-corrected chi connectivity index (χ2v) is 3.92. The molecule has 0 heterocycles. The van der Waals surface area contributed by atoms with E-state index in [-0.39, 0.29) is 41.6 Å². The smallest absolute Gasteiger partial charge is 0.305 e. The monoisotopic (exact) mass is 375 g/mol. The minimum Gasteiger partial charge on any atom is -0.466 e. The van der Waals surface area contributed by atoms with Crippen LogP contribution >= 0.6 is 0 Å². The number of esters is 1. The fourth-order valence-electron chi connectivity index (χ4n) is 1.29. The van der Waals surface area contributed by atoms with Gasteiger partial charge in [-0.15, -0.1) is 0 Å². The number of aryl methyl sites for hydroxylation is 1. The standard InChI is InChI=1S/C8H16O2.C7H8.La/c1-3-5-6-7-8(9)10-4-2;1-7-5-3-2-4-6-7;/h3-7H2,1-2H3;2-6H,1H3;. The topological polar surface area (TPSA) is 26.3 Å². The molecule has 0 amide bonds. The van der Waals surface area contributed by atoms with E-state index in [0.717, 1.165) is 19.3 Å². The fraction of sp³-hybridized carbons (Fsp3) is 0.533. The summed E-state index contributed by atoms with van der Waals surface area (Å²) in [4.78, 5) is 10.7. The summed E-state index contributed by atoms with van der Waals surface area (Å²) in [5, 5.41) is 0. The zero-order valence-electron chi connectivity index (χ0n) is 11.8. The summed E-state index contributed by atoms with van der Waals surface area (Å²) in [5.74, 6) is -0.0593. The van der Waals surface area contributed by atoms with Gasteiger partial charge < -0.3 is 4.74 Å². The normalized spacial score (nSPS) is 8.61. The Morgan fingerprint density at radius 3 is 2.11 bits per heavy atom. The van der Waals surface area contributed by atoms with E-state index >= 15 is 0 Å². The van der Waals surface area contributed by atoms with E-state index in [4.69, 9.17) is 4.74 Å². The molecule has 0 aliphatic rings. The molecule has 99 valence electrons. The summed E-state index contributed by atoms with van der Waals surface area (Å²) in [7, 11) is 0. The maximum absolute atomic E-state index is 10.7. The van der Waals surface area contributed by atoms with E-state index in [0.29, 0.717) is 13.0 Å². The van der Waals surface area contributed by atoms with Crippen molar-refractivity contribution in [2.45, 2.75) is 46.5 Å². The molecule has 0 atom stereocenters. The quantitative estimate of drug-likeness (QED) is 0.572. The largest absolute Gasteiger partial charge is 0.466 e. The van der Waals surface area contributed by atoms with Gasteiger partial charge in [0.05, 0.1) is 6.61 Å². The average molecular weight is 375 g/mol. The van der Waals surface area contributed by atoms with Gasteiger partial charge in [-0.05, 0) is 20.3 Å². The van der Waals surface area contributed by atoms with Gasteiger partial charge in [-0.2, -0.15) is 0 Å². The van der Waals surface area contributed by atoms with Crippen molar-refractivity contribution in [2.24, 2.45) is 0 Å². The van der Waals surface area contributed by atoms with Crippen LogP contribution in [0, 0.1) is 42.5 Å². The Morgan fingerprint density at radius 2 is 1.72 bits per heavy atom.